The van der Waals surface area contributed by atoms with Crippen LogP contribution in [0, 0.1) is 0 Å². The summed E-state index contributed by atoms with van der Waals surface area (Å²) in [6, 6.07) is 10.5. The van der Waals surface area contributed by atoms with E-state index in [1.54, 1.807) is 43.6 Å². The minimum Gasteiger partial charge on any atom is -0.490 e. The second kappa shape index (κ2) is 17.3. The van der Waals surface area contributed by atoms with Gasteiger partial charge in [-0.1, -0.05) is 29.3 Å². The van der Waals surface area contributed by atoms with E-state index >= 15 is 0 Å². The summed E-state index contributed by atoms with van der Waals surface area (Å²) in [5.74, 6) is 0.515. The molecule has 5 N–H and O–H groups in total. The van der Waals surface area contributed by atoms with Crippen molar-refractivity contribution >= 4 is 53.6 Å². The number of hydrogen-bond donors (Lipinski definition) is 5. The first kappa shape index (κ1) is 31.9. The Kier molecular flexibility index (Phi) is 14.6. The van der Waals surface area contributed by atoms with Crippen LogP contribution >= 0.6 is 35.8 Å². The van der Waals surface area contributed by atoms with Crippen LogP contribution in [0.3, 0.4) is 0 Å². The molecule has 1 amide bonds. The van der Waals surface area contributed by atoms with Gasteiger partial charge in [-0.25, -0.2) is 0 Å². The van der Waals surface area contributed by atoms with E-state index in [0.29, 0.717) is 44.7 Å². The lowest BCUT2D eigenvalue weighted by Crippen LogP contribution is -2.39. The number of likely N-dealkylation sites (tertiary alicyclic amines) is 1. The van der Waals surface area contributed by atoms with Crippen LogP contribution in [0.25, 0.3) is 5.57 Å². The number of halogens is 2. The minimum absolute atomic E-state index is 0.0972. The summed E-state index contributed by atoms with van der Waals surface area (Å²) in [5.41, 5.74) is 6.19. The van der Waals surface area contributed by atoms with Crippen LogP contribution in [0.15, 0.2) is 47.5 Å². The molecule has 11 heteroatoms. The van der Waals surface area contributed by atoms with Gasteiger partial charge >= 0.3 is 0 Å². The Bertz CT molecular complexity index is 1080. The molecule has 8 nitrogen and oxygen atoms in total. The third kappa shape index (κ3) is 10.5. The van der Waals surface area contributed by atoms with Crippen molar-refractivity contribution in [2.24, 2.45) is 5.73 Å². The van der Waals surface area contributed by atoms with E-state index in [0.717, 1.165) is 50.9 Å². The zero-order valence-corrected chi connectivity index (χ0v) is 23.9. The molecule has 0 saturated carbocycles. The second-order valence-corrected chi connectivity index (χ2v) is 9.92. The highest BCUT2D eigenvalue weighted by Crippen LogP contribution is 2.28. The lowest BCUT2D eigenvalue weighted by atomic mass is 10.0. The van der Waals surface area contributed by atoms with Crippen molar-refractivity contribution in [3.63, 3.8) is 0 Å². The molecule has 2 aromatic carbocycles. The van der Waals surface area contributed by atoms with E-state index in [4.69, 9.17) is 38.8 Å². The molecule has 1 saturated heterocycles. The molecule has 0 spiro atoms. The van der Waals surface area contributed by atoms with Gasteiger partial charge in [0.05, 0.1) is 22.2 Å². The standard InChI is InChI=1S/C25H29Cl2N3O3S.C2H7NO/c1-28-15-22(21-5-4-20(34)13-17(21)16-31)25(32)29-9-2-10-30-11-7-18(8-12-30)33-19-3-6-23(26)24(27)14-19;3-1-2-4/h3-6,13-16,18,28,34H,2,7-12H2,1H3,(H,29,32);4H,1-3H2/b22-15+;. The molecule has 1 aliphatic heterocycles. The SMILES string of the molecule is CN/C=C(/C(=O)NCCCN1CCC(Oc2ccc(Cl)c(Cl)c2)CC1)c1ccc(S)cc1C=O.NCCO. The number of benzene rings is 2. The maximum atomic E-state index is 12.8. The van der Waals surface area contributed by atoms with Crippen LogP contribution in [-0.2, 0) is 4.79 Å². The first-order valence-corrected chi connectivity index (χ1v) is 13.6. The summed E-state index contributed by atoms with van der Waals surface area (Å²) in [5, 5.41) is 14.6. The van der Waals surface area contributed by atoms with Crippen LogP contribution in [-0.4, -0.2) is 74.7 Å². The number of nitrogens with one attached hydrogen (secondary N) is 2. The molecule has 2 aromatic rings. The fraction of sp³-hybridized carbons (Fsp3) is 0.407. The number of aldehydes is 1. The molecule has 1 heterocycles. The number of ether oxygens (including phenoxy) is 1. The van der Waals surface area contributed by atoms with Crippen LogP contribution in [0.1, 0.15) is 35.2 Å². The van der Waals surface area contributed by atoms with E-state index in [1.807, 2.05) is 6.07 Å². The monoisotopic (exact) mass is 582 g/mol. The Morgan fingerprint density at radius 3 is 2.53 bits per heavy atom. The molecule has 0 aromatic heterocycles. The number of nitrogens with zero attached hydrogens (tertiary/aromatic N) is 1. The van der Waals surface area contributed by atoms with Crippen molar-refractivity contribution in [3.8, 4) is 5.75 Å². The fourth-order valence-corrected chi connectivity index (χ4v) is 4.40. The predicted octanol–water partition coefficient (Wildman–Crippen LogP) is 3.64. The smallest absolute Gasteiger partial charge is 0.253 e. The van der Waals surface area contributed by atoms with Gasteiger partial charge in [-0.3, -0.25) is 9.59 Å². The lowest BCUT2D eigenvalue weighted by Gasteiger charge is -2.32. The minimum atomic E-state index is -0.224. The van der Waals surface area contributed by atoms with E-state index in [2.05, 4.69) is 28.2 Å². The number of carbonyl (C=O) groups excluding carboxylic acids is 2. The molecule has 208 valence electrons. The molecule has 0 atom stereocenters. The van der Waals surface area contributed by atoms with Crippen molar-refractivity contribution in [1.82, 2.24) is 15.5 Å². The Morgan fingerprint density at radius 2 is 1.92 bits per heavy atom. The number of rotatable bonds is 11. The first-order valence-electron chi connectivity index (χ1n) is 12.4. The Labute approximate surface area is 239 Å². The number of thiol groups is 1. The predicted molar refractivity (Wildman–Crippen MR) is 156 cm³/mol. The summed E-state index contributed by atoms with van der Waals surface area (Å²) < 4.78 is 6.05. The van der Waals surface area contributed by atoms with Crippen LogP contribution in [0.5, 0.6) is 5.75 Å². The number of aliphatic hydroxyl groups excluding tert-OH is 1. The van der Waals surface area contributed by atoms with Crippen LogP contribution in [0.4, 0.5) is 0 Å². The Morgan fingerprint density at radius 1 is 1.21 bits per heavy atom. The van der Waals surface area contributed by atoms with Crippen molar-refractivity contribution in [1.29, 1.82) is 0 Å². The molecule has 1 aliphatic rings. The molecule has 0 unspecified atom stereocenters. The second-order valence-electron chi connectivity index (χ2n) is 8.59. The topological polar surface area (TPSA) is 117 Å². The summed E-state index contributed by atoms with van der Waals surface area (Å²) in [6.07, 6.45) is 5.18. The van der Waals surface area contributed by atoms with Crippen LogP contribution < -0.4 is 21.1 Å². The van der Waals surface area contributed by atoms with Gasteiger partial charge in [-0.05, 0) is 55.6 Å². The summed E-state index contributed by atoms with van der Waals surface area (Å²) in [7, 11) is 1.72. The summed E-state index contributed by atoms with van der Waals surface area (Å²) in [6.45, 7) is 3.77. The maximum absolute atomic E-state index is 12.8. The molecule has 3 rings (SSSR count). The van der Waals surface area contributed by atoms with Gasteiger partial charge in [0.1, 0.15) is 11.9 Å². The number of amides is 1. The number of carbonyl (C=O) groups is 2. The number of hydrogen-bond acceptors (Lipinski definition) is 8. The molecular formula is C27H36Cl2N4O4S. The lowest BCUT2D eigenvalue weighted by molar-refractivity contribution is -0.115. The average Bonchev–Trinajstić information content (AvgIpc) is 2.93. The molecule has 38 heavy (non-hydrogen) atoms. The maximum Gasteiger partial charge on any atom is 0.253 e. The van der Waals surface area contributed by atoms with Crippen molar-refractivity contribution in [2.45, 2.75) is 30.3 Å². The van der Waals surface area contributed by atoms with Gasteiger partial charge in [0.2, 0.25) is 0 Å². The molecule has 0 bridgehead atoms. The van der Waals surface area contributed by atoms with Crippen LogP contribution in [0.2, 0.25) is 10.0 Å². The van der Waals surface area contributed by atoms with Gasteiger partial charge in [0.15, 0.2) is 6.29 Å². The molecule has 0 radical (unpaired) electrons. The van der Waals surface area contributed by atoms with Gasteiger partial charge in [-0.2, -0.15) is 0 Å². The van der Waals surface area contributed by atoms with Gasteiger partial charge in [0.25, 0.3) is 5.91 Å². The van der Waals surface area contributed by atoms with Crippen molar-refractivity contribution in [2.75, 3.05) is 46.4 Å². The van der Waals surface area contributed by atoms with E-state index in [1.165, 1.54) is 0 Å². The van der Waals surface area contributed by atoms with Crippen molar-refractivity contribution in [3.05, 3.63) is 63.8 Å². The highest BCUT2D eigenvalue weighted by atomic mass is 35.5. The highest BCUT2D eigenvalue weighted by Gasteiger charge is 2.21. The number of piperidine rings is 1. The third-order valence-corrected chi connectivity index (χ3v) is 6.80. The summed E-state index contributed by atoms with van der Waals surface area (Å²) >= 11 is 16.3. The summed E-state index contributed by atoms with van der Waals surface area (Å²) in [4.78, 5) is 27.3. The fourth-order valence-electron chi connectivity index (χ4n) is 3.90. The molecule has 1 fully saturated rings. The zero-order valence-electron chi connectivity index (χ0n) is 21.5. The Balaban J connectivity index is 0.00000118. The van der Waals surface area contributed by atoms with Gasteiger partial charge < -0.3 is 31.1 Å². The quantitative estimate of drug-likeness (QED) is 0.119. The number of aliphatic hydroxyl groups is 1. The molecular weight excluding hydrogens is 547 g/mol. The number of nitrogens with two attached hydrogens (primary N) is 1. The average molecular weight is 584 g/mol. The zero-order chi connectivity index (χ0) is 27.9. The Hall–Kier alpha value is -2.27. The third-order valence-electron chi connectivity index (χ3n) is 5.78. The largest absolute Gasteiger partial charge is 0.490 e. The van der Waals surface area contributed by atoms with Gasteiger partial charge in [-0.15, -0.1) is 12.6 Å². The first-order chi connectivity index (χ1) is 18.3. The highest BCUT2D eigenvalue weighted by molar-refractivity contribution is 7.80. The van der Waals surface area contributed by atoms with Crippen molar-refractivity contribution < 1.29 is 19.4 Å². The van der Waals surface area contributed by atoms with E-state index in [9.17, 15) is 9.59 Å². The normalized spacial score (nSPS) is 14.3. The van der Waals surface area contributed by atoms with E-state index in [-0.39, 0.29) is 18.6 Å². The van der Waals surface area contributed by atoms with Gasteiger partial charge in [0, 0.05) is 56.0 Å². The molecule has 0 aliphatic carbocycles. The van der Waals surface area contributed by atoms with E-state index < -0.39 is 0 Å².